The quantitative estimate of drug-likeness (QED) is 0.180. The lowest BCUT2D eigenvalue weighted by Crippen LogP contribution is -1.89. The molecule has 10 aromatic rings. The van der Waals surface area contributed by atoms with Crippen molar-refractivity contribution in [2.24, 2.45) is 0 Å². The third-order valence-corrected chi connectivity index (χ3v) is 10.4. The molecular weight excluding hydrogens is 661 g/mol. The SMILES string of the molecule is N#Cc1cc(-c2cccc3c2oc2ccccc23)ccc1-c1ccc(-c2cccc(-c3ccc(-c4cccc5c4oc4ccccc45)cc3C#N)c2)cc1. The Hall–Kier alpha value is -7.66. The van der Waals surface area contributed by atoms with Crippen LogP contribution in [0.3, 0.4) is 0 Å². The van der Waals surface area contributed by atoms with Crippen LogP contribution in [0, 0.1) is 22.7 Å². The zero-order valence-corrected chi connectivity index (χ0v) is 28.9. The zero-order valence-electron chi connectivity index (χ0n) is 28.9. The number of para-hydroxylation sites is 4. The van der Waals surface area contributed by atoms with E-state index in [2.05, 4.69) is 84.9 Å². The Labute approximate surface area is 311 Å². The van der Waals surface area contributed by atoms with Crippen molar-refractivity contribution >= 4 is 43.9 Å². The van der Waals surface area contributed by atoms with Crippen LogP contribution in [0.4, 0.5) is 0 Å². The highest BCUT2D eigenvalue weighted by Gasteiger charge is 2.16. The summed E-state index contributed by atoms with van der Waals surface area (Å²) in [7, 11) is 0. The highest BCUT2D eigenvalue weighted by atomic mass is 16.3. The van der Waals surface area contributed by atoms with Gasteiger partial charge in [0.05, 0.1) is 23.3 Å². The van der Waals surface area contributed by atoms with Crippen molar-refractivity contribution in [1.82, 2.24) is 0 Å². The molecule has 250 valence electrons. The van der Waals surface area contributed by atoms with E-state index in [0.29, 0.717) is 11.1 Å². The summed E-state index contributed by atoms with van der Waals surface area (Å²) in [6.07, 6.45) is 0. The molecule has 8 aromatic carbocycles. The van der Waals surface area contributed by atoms with Crippen LogP contribution >= 0.6 is 0 Å². The normalized spacial score (nSPS) is 11.3. The van der Waals surface area contributed by atoms with Gasteiger partial charge in [-0.05, 0) is 74.8 Å². The lowest BCUT2D eigenvalue weighted by atomic mass is 9.92. The minimum atomic E-state index is 0.595. The first-order chi connectivity index (χ1) is 26.7. The second-order valence-electron chi connectivity index (χ2n) is 13.5. The van der Waals surface area contributed by atoms with Crippen molar-refractivity contribution in [3.63, 3.8) is 0 Å². The van der Waals surface area contributed by atoms with Gasteiger partial charge in [-0.15, -0.1) is 0 Å². The molecule has 0 saturated heterocycles. The Kier molecular flexibility index (Phi) is 7.22. The molecule has 10 rings (SSSR count). The largest absolute Gasteiger partial charge is 0.455 e. The van der Waals surface area contributed by atoms with E-state index in [4.69, 9.17) is 8.83 Å². The summed E-state index contributed by atoms with van der Waals surface area (Å²) >= 11 is 0. The van der Waals surface area contributed by atoms with E-state index in [-0.39, 0.29) is 0 Å². The molecule has 0 aliphatic heterocycles. The topological polar surface area (TPSA) is 73.9 Å². The van der Waals surface area contributed by atoms with Crippen molar-refractivity contribution in [3.05, 3.63) is 181 Å². The fourth-order valence-electron chi connectivity index (χ4n) is 7.77. The Morgan fingerprint density at radius 2 is 0.741 bits per heavy atom. The minimum Gasteiger partial charge on any atom is -0.455 e. The van der Waals surface area contributed by atoms with Crippen molar-refractivity contribution in [2.45, 2.75) is 0 Å². The van der Waals surface area contributed by atoms with Gasteiger partial charge in [0.2, 0.25) is 0 Å². The third-order valence-electron chi connectivity index (χ3n) is 10.4. The van der Waals surface area contributed by atoms with Gasteiger partial charge in [0, 0.05) is 32.7 Å². The van der Waals surface area contributed by atoms with Crippen LogP contribution in [0.2, 0.25) is 0 Å². The second kappa shape index (κ2) is 12.5. The molecule has 4 nitrogen and oxygen atoms in total. The van der Waals surface area contributed by atoms with Gasteiger partial charge in [0.25, 0.3) is 0 Å². The van der Waals surface area contributed by atoms with Crippen molar-refractivity contribution < 1.29 is 8.83 Å². The molecule has 0 fully saturated rings. The molecule has 2 aromatic heterocycles. The van der Waals surface area contributed by atoms with E-state index < -0.39 is 0 Å². The zero-order chi connectivity index (χ0) is 36.2. The Morgan fingerprint density at radius 3 is 1.30 bits per heavy atom. The molecule has 0 aliphatic rings. The number of rotatable bonds is 5. The van der Waals surface area contributed by atoms with Crippen LogP contribution in [0.25, 0.3) is 99.5 Å². The first-order valence-corrected chi connectivity index (χ1v) is 17.8. The maximum absolute atomic E-state index is 10.3. The van der Waals surface area contributed by atoms with Gasteiger partial charge in [-0.25, -0.2) is 0 Å². The maximum atomic E-state index is 10.3. The van der Waals surface area contributed by atoms with Gasteiger partial charge < -0.3 is 8.83 Å². The van der Waals surface area contributed by atoms with Gasteiger partial charge in [-0.3, -0.25) is 0 Å². The lowest BCUT2D eigenvalue weighted by Gasteiger charge is -2.11. The Morgan fingerprint density at radius 1 is 0.315 bits per heavy atom. The van der Waals surface area contributed by atoms with Crippen LogP contribution in [0.1, 0.15) is 11.1 Å². The summed E-state index contributed by atoms with van der Waals surface area (Å²) in [5.41, 5.74) is 14.0. The number of nitriles is 2. The number of nitrogens with zero attached hydrogens (tertiary/aromatic N) is 2. The lowest BCUT2D eigenvalue weighted by molar-refractivity contribution is 0.669. The van der Waals surface area contributed by atoms with E-state index in [0.717, 1.165) is 99.5 Å². The third kappa shape index (κ3) is 5.06. The van der Waals surface area contributed by atoms with E-state index >= 15 is 0 Å². The highest BCUT2D eigenvalue weighted by Crippen LogP contribution is 2.40. The van der Waals surface area contributed by atoms with Gasteiger partial charge in [-0.1, -0.05) is 140 Å². The minimum absolute atomic E-state index is 0.595. The number of furan rings is 2. The van der Waals surface area contributed by atoms with Crippen LogP contribution in [-0.2, 0) is 0 Å². The first-order valence-electron chi connectivity index (χ1n) is 17.8. The average Bonchev–Trinajstić information content (AvgIpc) is 3.82. The summed E-state index contributed by atoms with van der Waals surface area (Å²) in [4.78, 5) is 0. The fourth-order valence-corrected chi connectivity index (χ4v) is 7.77. The molecule has 54 heavy (non-hydrogen) atoms. The van der Waals surface area contributed by atoms with Gasteiger partial charge >= 0.3 is 0 Å². The van der Waals surface area contributed by atoms with Crippen molar-refractivity contribution in [2.75, 3.05) is 0 Å². The highest BCUT2D eigenvalue weighted by molar-refractivity contribution is 6.10. The van der Waals surface area contributed by atoms with Gasteiger partial charge in [0.1, 0.15) is 22.3 Å². The maximum Gasteiger partial charge on any atom is 0.143 e. The molecule has 0 amide bonds. The molecule has 0 saturated carbocycles. The Balaban J connectivity index is 0.955. The molecule has 0 aliphatic carbocycles. The van der Waals surface area contributed by atoms with E-state index in [1.807, 2.05) is 97.1 Å². The summed E-state index contributed by atoms with van der Waals surface area (Å²) in [5, 5.41) is 24.8. The second-order valence-corrected chi connectivity index (χ2v) is 13.5. The van der Waals surface area contributed by atoms with Crippen molar-refractivity contribution in [3.8, 4) is 67.8 Å². The van der Waals surface area contributed by atoms with Crippen LogP contribution < -0.4 is 0 Å². The molecule has 2 heterocycles. The molecular formula is C50H28N2O2. The van der Waals surface area contributed by atoms with Gasteiger partial charge in [0.15, 0.2) is 0 Å². The molecule has 4 heteroatoms. The van der Waals surface area contributed by atoms with E-state index in [1.165, 1.54) is 0 Å². The Bertz CT molecular complexity index is 3190. The predicted octanol–water partition coefficient (Wildman–Crippen LogP) is 13.6. The van der Waals surface area contributed by atoms with Crippen LogP contribution in [0.15, 0.2) is 179 Å². The van der Waals surface area contributed by atoms with E-state index in [1.54, 1.807) is 0 Å². The number of benzene rings is 8. The van der Waals surface area contributed by atoms with Crippen molar-refractivity contribution in [1.29, 1.82) is 10.5 Å². The molecule has 0 N–H and O–H groups in total. The first kappa shape index (κ1) is 31.1. The summed E-state index contributed by atoms with van der Waals surface area (Å²) in [5.74, 6) is 0. The smallest absolute Gasteiger partial charge is 0.143 e. The summed E-state index contributed by atoms with van der Waals surface area (Å²) < 4.78 is 12.6. The number of hydrogen-bond acceptors (Lipinski definition) is 4. The fraction of sp³-hybridized carbons (Fsp3) is 0. The van der Waals surface area contributed by atoms with Gasteiger partial charge in [-0.2, -0.15) is 10.5 Å². The van der Waals surface area contributed by atoms with E-state index in [9.17, 15) is 10.5 Å². The number of hydrogen-bond donors (Lipinski definition) is 0. The molecule has 0 radical (unpaired) electrons. The number of fused-ring (bicyclic) bond motifs is 6. The summed E-state index contributed by atoms with van der Waals surface area (Å²) in [6, 6.07) is 61.9. The van der Waals surface area contributed by atoms with Crippen LogP contribution in [0.5, 0.6) is 0 Å². The summed E-state index contributed by atoms with van der Waals surface area (Å²) in [6.45, 7) is 0. The molecule has 0 atom stereocenters. The predicted molar refractivity (Wildman–Crippen MR) is 218 cm³/mol. The molecule has 0 unspecified atom stereocenters. The molecule has 0 bridgehead atoms. The molecule has 0 spiro atoms. The monoisotopic (exact) mass is 688 g/mol. The van der Waals surface area contributed by atoms with Crippen LogP contribution in [-0.4, -0.2) is 0 Å². The standard InChI is InChI=1S/C50H28N2O2/c51-29-37-27-35(41-12-6-14-45-43-10-1-3-16-47(43)53-49(41)45)22-24-39(37)32-20-18-31(19-21-32)33-8-5-9-34(26-33)40-25-23-36(28-38(40)30-52)42-13-7-15-46-44-11-2-4-17-48(44)54-50(42)46/h1-28H. The average molecular weight is 689 g/mol.